The second-order valence-corrected chi connectivity index (χ2v) is 3.39. The molecule has 0 aromatic rings. The van der Waals surface area contributed by atoms with Crippen molar-refractivity contribution < 1.29 is 9.59 Å². The Balaban J connectivity index is 2.58. The summed E-state index contributed by atoms with van der Waals surface area (Å²) in [6, 6.07) is 0. The molecule has 0 radical (unpaired) electrons. The molecule has 0 aromatic carbocycles. The molecule has 0 fully saturated rings. The zero-order chi connectivity index (χ0) is 10.6. The van der Waals surface area contributed by atoms with Crippen molar-refractivity contribution in [2.24, 2.45) is 0 Å². The molecule has 0 unspecified atom stereocenters. The van der Waals surface area contributed by atoms with Crippen LogP contribution in [-0.2, 0) is 9.59 Å². The first kappa shape index (κ1) is 10.7. The Morgan fingerprint density at radius 3 is 2.57 bits per heavy atom. The van der Waals surface area contributed by atoms with Crippen LogP contribution >= 0.6 is 0 Å². The van der Waals surface area contributed by atoms with Crippen LogP contribution < -0.4 is 5.32 Å². The highest BCUT2D eigenvalue weighted by molar-refractivity contribution is 6.19. The monoisotopic (exact) mass is 193 g/mol. The molecule has 76 valence electrons. The second-order valence-electron chi connectivity index (χ2n) is 3.39. The van der Waals surface area contributed by atoms with E-state index in [1.807, 2.05) is 0 Å². The molecular weight excluding hydrogens is 178 g/mol. The minimum absolute atomic E-state index is 0.0800. The summed E-state index contributed by atoms with van der Waals surface area (Å²) in [5.41, 5.74) is 0.935. The third kappa shape index (κ3) is 2.55. The van der Waals surface area contributed by atoms with Gasteiger partial charge in [-0.2, -0.15) is 0 Å². The third-order valence-electron chi connectivity index (χ3n) is 2.12. The van der Waals surface area contributed by atoms with Crippen LogP contribution in [0, 0.1) is 0 Å². The largest absolute Gasteiger partial charge is 0.382 e. The molecule has 1 aliphatic carbocycles. The van der Waals surface area contributed by atoms with Crippen LogP contribution in [0.3, 0.4) is 0 Å². The van der Waals surface area contributed by atoms with E-state index < -0.39 is 0 Å². The number of nitrogens with one attached hydrogen (secondary N) is 1. The van der Waals surface area contributed by atoms with E-state index in [1.165, 1.54) is 12.2 Å². The minimum Gasteiger partial charge on any atom is -0.382 e. The fourth-order valence-electron chi connectivity index (χ4n) is 1.20. The molecule has 3 heteroatoms. The van der Waals surface area contributed by atoms with E-state index >= 15 is 0 Å². The van der Waals surface area contributed by atoms with E-state index in [9.17, 15) is 9.59 Å². The Morgan fingerprint density at radius 1 is 1.21 bits per heavy atom. The Morgan fingerprint density at radius 2 is 1.93 bits per heavy atom. The maximum atomic E-state index is 11.4. The van der Waals surface area contributed by atoms with Crippen molar-refractivity contribution in [3.63, 3.8) is 0 Å². The van der Waals surface area contributed by atoms with Crippen LogP contribution in [0.15, 0.2) is 23.4 Å². The average molecular weight is 193 g/mol. The molecule has 0 spiro atoms. The molecule has 0 saturated heterocycles. The van der Waals surface area contributed by atoms with Crippen LogP contribution in [0.5, 0.6) is 0 Å². The van der Waals surface area contributed by atoms with Crippen LogP contribution in [0.25, 0.3) is 0 Å². The topological polar surface area (TPSA) is 46.2 Å². The lowest BCUT2D eigenvalue weighted by molar-refractivity contribution is -0.115. The van der Waals surface area contributed by atoms with Crippen LogP contribution in [0.4, 0.5) is 0 Å². The van der Waals surface area contributed by atoms with Gasteiger partial charge in [-0.1, -0.05) is 13.3 Å². The average Bonchev–Trinajstić information content (AvgIpc) is 2.14. The Labute approximate surface area is 83.9 Å². The smallest absolute Gasteiger partial charge is 0.202 e. The lowest BCUT2D eigenvalue weighted by Gasteiger charge is -2.11. The summed E-state index contributed by atoms with van der Waals surface area (Å²) < 4.78 is 0. The molecule has 0 aliphatic heterocycles. The summed E-state index contributed by atoms with van der Waals surface area (Å²) in [6.45, 7) is 4.47. The van der Waals surface area contributed by atoms with Gasteiger partial charge in [0.1, 0.15) is 0 Å². The van der Waals surface area contributed by atoms with Gasteiger partial charge < -0.3 is 5.32 Å². The van der Waals surface area contributed by atoms with Crippen molar-refractivity contribution in [3.05, 3.63) is 23.4 Å². The van der Waals surface area contributed by atoms with E-state index in [0.29, 0.717) is 11.3 Å². The van der Waals surface area contributed by atoms with Gasteiger partial charge in [-0.25, -0.2) is 0 Å². The molecule has 0 amide bonds. The minimum atomic E-state index is -0.0989. The number of hydrogen-bond donors (Lipinski definition) is 1. The fraction of sp³-hybridized carbons (Fsp3) is 0.455. The molecule has 14 heavy (non-hydrogen) atoms. The molecule has 1 N–H and O–H groups in total. The summed E-state index contributed by atoms with van der Waals surface area (Å²) in [5.74, 6) is -0.179. The number of unbranched alkanes of at least 4 members (excludes halogenated alkanes) is 1. The van der Waals surface area contributed by atoms with Gasteiger partial charge in [0.2, 0.25) is 5.78 Å². The van der Waals surface area contributed by atoms with Crippen LogP contribution in [-0.4, -0.2) is 18.1 Å². The molecule has 1 aliphatic rings. The van der Waals surface area contributed by atoms with Gasteiger partial charge in [-0.15, -0.1) is 0 Å². The Hall–Kier alpha value is -1.38. The third-order valence-corrected chi connectivity index (χ3v) is 2.12. The van der Waals surface area contributed by atoms with Gasteiger partial charge in [-0.3, -0.25) is 9.59 Å². The molecule has 3 nitrogen and oxygen atoms in total. The summed E-state index contributed by atoms with van der Waals surface area (Å²) in [4.78, 5) is 22.6. The van der Waals surface area contributed by atoms with Gasteiger partial charge in [0, 0.05) is 18.2 Å². The number of carbonyl (C=O) groups is 2. The van der Waals surface area contributed by atoms with Crippen LogP contribution in [0.1, 0.15) is 26.7 Å². The highest BCUT2D eigenvalue weighted by atomic mass is 16.1. The number of allylic oxidation sites excluding steroid dienone is 3. The predicted octanol–water partition coefficient (Wildman–Crippen LogP) is 1.36. The molecule has 0 bridgehead atoms. The summed E-state index contributed by atoms with van der Waals surface area (Å²) in [7, 11) is 0. The molecule has 0 atom stereocenters. The van der Waals surface area contributed by atoms with E-state index in [2.05, 4.69) is 12.2 Å². The van der Waals surface area contributed by atoms with Crippen molar-refractivity contribution in [1.82, 2.24) is 5.32 Å². The van der Waals surface area contributed by atoms with Gasteiger partial charge >= 0.3 is 0 Å². The fourth-order valence-corrected chi connectivity index (χ4v) is 1.20. The molecule has 0 aromatic heterocycles. The lowest BCUT2D eigenvalue weighted by atomic mass is 10.0. The molecule has 0 saturated carbocycles. The van der Waals surface area contributed by atoms with Gasteiger partial charge in [-0.05, 0) is 19.4 Å². The lowest BCUT2D eigenvalue weighted by Crippen LogP contribution is -2.24. The van der Waals surface area contributed by atoms with Crippen molar-refractivity contribution in [3.8, 4) is 0 Å². The second kappa shape index (κ2) is 4.74. The van der Waals surface area contributed by atoms with E-state index in [-0.39, 0.29) is 11.6 Å². The van der Waals surface area contributed by atoms with Crippen molar-refractivity contribution in [1.29, 1.82) is 0 Å². The molecule has 0 heterocycles. The highest BCUT2D eigenvalue weighted by Crippen LogP contribution is 2.08. The molecular formula is C11H15NO2. The maximum absolute atomic E-state index is 11.4. The number of rotatable bonds is 4. The van der Waals surface area contributed by atoms with E-state index in [4.69, 9.17) is 0 Å². The number of hydrogen-bond acceptors (Lipinski definition) is 3. The first-order valence-corrected chi connectivity index (χ1v) is 4.87. The zero-order valence-electron chi connectivity index (χ0n) is 8.59. The standard InChI is InChI=1S/C11H15NO2/c1-3-4-5-12-9-7-10(13)8(2)6-11(9)14/h6-7,12H,3-5H2,1-2H3. The van der Waals surface area contributed by atoms with Crippen molar-refractivity contribution in [2.45, 2.75) is 26.7 Å². The first-order chi connectivity index (χ1) is 6.65. The Bertz CT molecular complexity index is 313. The van der Waals surface area contributed by atoms with Gasteiger partial charge in [0.25, 0.3) is 0 Å². The van der Waals surface area contributed by atoms with Gasteiger partial charge in [0.05, 0.1) is 5.70 Å². The normalized spacial score (nSPS) is 16.4. The van der Waals surface area contributed by atoms with Crippen molar-refractivity contribution in [2.75, 3.05) is 6.54 Å². The summed E-state index contributed by atoms with van der Waals surface area (Å²) >= 11 is 0. The zero-order valence-corrected chi connectivity index (χ0v) is 8.59. The van der Waals surface area contributed by atoms with Crippen molar-refractivity contribution >= 4 is 11.6 Å². The Kier molecular flexibility index (Phi) is 3.63. The first-order valence-electron chi connectivity index (χ1n) is 4.87. The maximum Gasteiger partial charge on any atom is 0.202 e. The summed E-state index contributed by atoms with van der Waals surface area (Å²) in [6.07, 6.45) is 4.84. The highest BCUT2D eigenvalue weighted by Gasteiger charge is 2.16. The predicted molar refractivity (Wildman–Crippen MR) is 54.8 cm³/mol. The number of carbonyl (C=O) groups excluding carboxylic acids is 2. The van der Waals surface area contributed by atoms with Crippen LogP contribution in [0.2, 0.25) is 0 Å². The quantitative estimate of drug-likeness (QED) is 0.541. The van der Waals surface area contributed by atoms with E-state index in [0.717, 1.165) is 19.4 Å². The number of ketones is 2. The SMILES string of the molecule is CCCCNC1=CC(=O)C(C)=CC1=O. The molecule has 1 rings (SSSR count). The van der Waals surface area contributed by atoms with E-state index in [1.54, 1.807) is 6.92 Å². The summed E-state index contributed by atoms with van der Waals surface area (Å²) in [5, 5.41) is 2.97. The van der Waals surface area contributed by atoms with Gasteiger partial charge in [0.15, 0.2) is 5.78 Å².